The molecular formula is C18H19N3O4. The Hall–Kier alpha value is -3.09. The molecule has 1 atom stereocenters. The first-order valence-electron chi connectivity index (χ1n) is 8.11. The first kappa shape index (κ1) is 16.8. The number of anilines is 1. The molecule has 0 fully saturated rings. The number of nitro benzene ring substituents is 1. The monoisotopic (exact) mass is 341 g/mol. The van der Waals surface area contributed by atoms with Crippen molar-refractivity contribution in [3.63, 3.8) is 0 Å². The van der Waals surface area contributed by atoms with Crippen LogP contribution in [0.1, 0.15) is 5.56 Å². The van der Waals surface area contributed by atoms with Gasteiger partial charge in [0.2, 0.25) is 5.91 Å². The summed E-state index contributed by atoms with van der Waals surface area (Å²) in [6, 6.07) is 14.1. The summed E-state index contributed by atoms with van der Waals surface area (Å²) in [6.45, 7) is 1.14. The van der Waals surface area contributed by atoms with E-state index in [0.29, 0.717) is 31.8 Å². The fourth-order valence-electron chi connectivity index (χ4n) is 2.81. The van der Waals surface area contributed by atoms with Gasteiger partial charge in [0.05, 0.1) is 10.8 Å². The molecule has 7 nitrogen and oxygen atoms in total. The Morgan fingerprint density at radius 2 is 1.92 bits per heavy atom. The molecule has 1 amide bonds. The van der Waals surface area contributed by atoms with Crippen LogP contribution in [0.2, 0.25) is 0 Å². The van der Waals surface area contributed by atoms with Gasteiger partial charge in [-0.15, -0.1) is 0 Å². The molecule has 0 aliphatic carbocycles. The third-order valence-electron chi connectivity index (χ3n) is 4.09. The molecule has 0 saturated heterocycles. The molecule has 2 aromatic carbocycles. The van der Waals surface area contributed by atoms with E-state index in [1.807, 2.05) is 24.3 Å². The van der Waals surface area contributed by atoms with Crippen molar-refractivity contribution in [1.82, 2.24) is 5.32 Å². The van der Waals surface area contributed by atoms with Gasteiger partial charge >= 0.3 is 0 Å². The Morgan fingerprint density at radius 1 is 1.16 bits per heavy atom. The zero-order chi connectivity index (χ0) is 17.6. The number of rotatable bonds is 6. The van der Waals surface area contributed by atoms with Crippen LogP contribution in [-0.2, 0) is 11.2 Å². The Kier molecular flexibility index (Phi) is 5.13. The first-order chi connectivity index (χ1) is 12.1. The Morgan fingerprint density at radius 3 is 2.76 bits per heavy atom. The van der Waals surface area contributed by atoms with E-state index in [4.69, 9.17) is 4.74 Å². The Bertz CT molecular complexity index is 778. The molecule has 2 aromatic rings. The predicted molar refractivity (Wildman–Crippen MR) is 93.7 cm³/mol. The lowest BCUT2D eigenvalue weighted by Crippen LogP contribution is -2.39. The van der Waals surface area contributed by atoms with E-state index in [2.05, 4.69) is 10.6 Å². The topological polar surface area (TPSA) is 93.5 Å². The molecule has 130 valence electrons. The Labute approximate surface area is 145 Å². The number of hydrogen-bond donors (Lipinski definition) is 2. The molecule has 0 unspecified atom stereocenters. The van der Waals surface area contributed by atoms with Crippen molar-refractivity contribution in [1.29, 1.82) is 0 Å². The van der Waals surface area contributed by atoms with Crippen molar-refractivity contribution in [3.8, 4) is 5.75 Å². The molecule has 0 aromatic heterocycles. The lowest BCUT2D eigenvalue weighted by atomic mass is 9.96. The van der Waals surface area contributed by atoms with Gasteiger partial charge in [-0.2, -0.15) is 0 Å². The summed E-state index contributed by atoms with van der Waals surface area (Å²) in [5.41, 5.74) is 1.50. The summed E-state index contributed by atoms with van der Waals surface area (Å²) < 4.78 is 5.62. The van der Waals surface area contributed by atoms with Gasteiger partial charge in [-0.25, -0.2) is 0 Å². The van der Waals surface area contributed by atoms with Crippen LogP contribution < -0.4 is 15.4 Å². The van der Waals surface area contributed by atoms with Crippen molar-refractivity contribution >= 4 is 17.3 Å². The highest BCUT2D eigenvalue weighted by molar-refractivity contribution is 5.79. The molecule has 2 N–H and O–H groups in total. The number of carbonyl (C=O) groups excluding carboxylic acids is 1. The average Bonchev–Trinajstić information content (AvgIpc) is 2.64. The van der Waals surface area contributed by atoms with Crippen LogP contribution in [0, 0.1) is 16.0 Å². The predicted octanol–water partition coefficient (Wildman–Crippen LogP) is 2.37. The molecule has 0 spiro atoms. The number of para-hydroxylation sites is 3. The third kappa shape index (κ3) is 4.06. The molecule has 3 rings (SSSR count). The van der Waals surface area contributed by atoms with Crippen LogP contribution >= 0.6 is 0 Å². The molecule has 1 aliphatic heterocycles. The number of carbonyl (C=O) groups is 1. The summed E-state index contributed by atoms with van der Waals surface area (Å²) in [6.07, 6.45) is 0.652. The van der Waals surface area contributed by atoms with Gasteiger partial charge in [-0.05, 0) is 24.1 Å². The largest absolute Gasteiger partial charge is 0.492 e. The van der Waals surface area contributed by atoms with E-state index in [1.165, 1.54) is 6.07 Å². The van der Waals surface area contributed by atoms with E-state index in [9.17, 15) is 14.9 Å². The molecule has 1 heterocycles. The molecule has 1 aliphatic rings. The van der Waals surface area contributed by atoms with Gasteiger partial charge < -0.3 is 15.4 Å². The second-order valence-electron chi connectivity index (χ2n) is 5.81. The molecule has 7 heteroatoms. The normalized spacial score (nSPS) is 15.6. The number of amides is 1. The lowest BCUT2D eigenvalue weighted by molar-refractivity contribution is -0.384. The van der Waals surface area contributed by atoms with Gasteiger partial charge in [0.15, 0.2) is 0 Å². The minimum absolute atomic E-state index is 0.0196. The Balaban J connectivity index is 1.47. The van der Waals surface area contributed by atoms with Crippen molar-refractivity contribution in [3.05, 3.63) is 64.2 Å². The number of nitro groups is 1. The second kappa shape index (κ2) is 7.65. The number of hydrogen-bond acceptors (Lipinski definition) is 5. The number of benzene rings is 2. The van der Waals surface area contributed by atoms with E-state index in [0.717, 1.165) is 11.3 Å². The summed E-state index contributed by atoms with van der Waals surface area (Å²) >= 11 is 0. The number of nitrogens with one attached hydrogen (secondary N) is 2. The smallest absolute Gasteiger partial charge is 0.292 e. The molecule has 0 saturated carbocycles. The highest BCUT2D eigenvalue weighted by Crippen LogP contribution is 2.26. The van der Waals surface area contributed by atoms with Crippen LogP contribution in [0.3, 0.4) is 0 Å². The van der Waals surface area contributed by atoms with Gasteiger partial charge in [-0.1, -0.05) is 30.3 Å². The maximum absolute atomic E-state index is 12.3. The summed E-state index contributed by atoms with van der Waals surface area (Å²) in [4.78, 5) is 22.8. The van der Waals surface area contributed by atoms with Crippen molar-refractivity contribution in [2.24, 2.45) is 5.92 Å². The van der Waals surface area contributed by atoms with Crippen molar-refractivity contribution in [2.75, 3.05) is 25.0 Å². The number of ether oxygens (including phenoxy) is 1. The van der Waals surface area contributed by atoms with Crippen molar-refractivity contribution in [2.45, 2.75) is 6.42 Å². The highest BCUT2D eigenvalue weighted by atomic mass is 16.6. The van der Waals surface area contributed by atoms with Crippen molar-refractivity contribution < 1.29 is 14.5 Å². The van der Waals surface area contributed by atoms with E-state index in [1.54, 1.807) is 18.2 Å². The van der Waals surface area contributed by atoms with Gasteiger partial charge in [0.25, 0.3) is 5.69 Å². The lowest BCUT2D eigenvalue weighted by Gasteiger charge is -2.24. The van der Waals surface area contributed by atoms with Crippen LogP contribution in [0.25, 0.3) is 0 Å². The van der Waals surface area contributed by atoms with Crippen LogP contribution in [0.15, 0.2) is 48.5 Å². The highest BCUT2D eigenvalue weighted by Gasteiger charge is 2.25. The third-order valence-corrected chi connectivity index (χ3v) is 4.09. The second-order valence-corrected chi connectivity index (χ2v) is 5.81. The SMILES string of the molecule is O=C(NCCNc1ccccc1[N+](=O)[O-])[C@@H]1COc2ccccc2C1. The fourth-order valence-corrected chi connectivity index (χ4v) is 2.81. The van der Waals surface area contributed by atoms with Crippen LogP contribution in [0.5, 0.6) is 5.75 Å². The van der Waals surface area contributed by atoms with E-state index in [-0.39, 0.29) is 17.5 Å². The molecule has 0 bridgehead atoms. The maximum Gasteiger partial charge on any atom is 0.292 e. The maximum atomic E-state index is 12.3. The first-order valence-corrected chi connectivity index (χ1v) is 8.11. The standard InChI is InChI=1S/C18H19N3O4/c22-18(14-11-13-5-1-4-8-17(13)25-12-14)20-10-9-19-15-6-2-3-7-16(15)21(23)24/h1-8,14,19H,9-12H2,(H,20,22)/t14-/m0/s1. The zero-order valence-electron chi connectivity index (χ0n) is 13.6. The van der Waals surface area contributed by atoms with Crippen LogP contribution in [-0.4, -0.2) is 30.5 Å². The van der Waals surface area contributed by atoms with Gasteiger partial charge in [0, 0.05) is 19.2 Å². The van der Waals surface area contributed by atoms with Gasteiger partial charge in [-0.3, -0.25) is 14.9 Å². The summed E-state index contributed by atoms with van der Waals surface area (Å²) in [5.74, 6) is 0.546. The number of fused-ring (bicyclic) bond motifs is 1. The fraction of sp³-hybridized carbons (Fsp3) is 0.278. The van der Waals surface area contributed by atoms with E-state index < -0.39 is 4.92 Å². The summed E-state index contributed by atoms with van der Waals surface area (Å²) in [5, 5.41) is 16.8. The molecular weight excluding hydrogens is 322 g/mol. The average molecular weight is 341 g/mol. The zero-order valence-corrected chi connectivity index (χ0v) is 13.6. The van der Waals surface area contributed by atoms with Crippen LogP contribution in [0.4, 0.5) is 11.4 Å². The van der Waals surface area contributed by atoms with E-state index >= 15 is 0 Å². The summed E-state index contributed by atoms with van der Waals surface area (Å²) in [7, 11) is 0. The minimum Gasteiger partial charge on any atom is -0.492 e. The molecule has 0 radical (unpaired) electrons. The molecule has 25 heavy (non-hydrogen) atoms. The van der Waals surface area contributed by atoms with Gasteiger partial charge in [0.1, 0.15) is 18.0 Å². The number of nitrogens with zero attached hydrogens (tertiary/aromatic N) is 1. The minimum atomic E-state index is -0.433. The quantitative estimate of drug-likeness (QED) is 0.478.